The molecule has 0 saturated carbocycles. The van der Waals surface area contributed by atoms with Crippen molar-refractivity contribution in [1.29, 1.82) is 0 Å². The molecule has 0 aliphatic heterocycles. The second kappa shape index (κ2) is 6.86. The zero-order valence-corrected chi connectivity index (χ0v) is 13.7. The first-order chi connectivity index (χ1) is 11.5. The monoisotopic (exact) mass is 359 g/mol. The largest absolute Gasteiger partial charge is 0.322 e. The van der Waals surface area contributed by atoms with Crippen LogP contribution >= 0.6 is 23.2 Å². The number of amides is 1. The predicted molar refractivity (Wildman–Crippen MR) is 94.7 cm³/mol. The van der Waals surface area contributed by atoms with Gasteiger partial charge in [-0.05, 0) is 36.4 Å². The zero-order chi connectivity index (χ0) is 17.1. The van der Waals surface area contributed by atoms with Gasteiger partial charge in [0.2, 0.25) is 0 Å². The first-order valence-electron chi connectivity index (χ1n) is 6.95. The highest BCUT2D eigenvalue weighted by atomic mass is 35.5. The van der Waals surface area contributed by atoms with Gasteiger partial charge < -0.3 is 5.32 Å². The lowest BCUT2D eigenvalue weighted by atomic mass is 10.1. The summed E-state index contributed by atoms with van der Waals surface area (Å²) in [6.07, 6.45) is 0. The van der Waals surface area contributed by atoms with Gasteiger partial charge in [0.25, 0.3) is 11.5 Å². The SMILES string of the molecule is O=C(Nc1cccc(-c2ccc(=O)[nH]n2)c1)c1cc(Cl)ccc1Cl. The van der Waals surface area contributed by atoms with E-state index in [0.29, 0.717) is 21.4 Å². The average Bonchev–Trinajstić information content (AvgIpc) is 2.58. The van der Waals surface area contributed by atoms with E-state index >= 15 is 0 Å². The summed E-state index contributed by atoms with van der Waals surface area (Å²) in [5.74, 6) is -0.367. The summed E-state index contributed by atoms with van der Waals surface area (Å²) in [6.45, 7) is 0. The molecule has 0 fully saturated rings. The zero-order valence-electron chi connectivity index (χ0n) is 12.2. The Labute approximate surface area is 147 Å². The Bertz CT molecular complexity index is 950. The van der Waals surface area contributed by atoms with E-state index in [-0.39, 0.29) is 17.0 Å². The fourth-order valence-corrected chi connectivity index (χ4v) is 2.51. The first-order valence-corrected chi connectivity index (χ1v) is 7.71. The van der Waals surface area contributed by atoms with Gasteiger partial charge in [-0.2, -0.15) is 5.10 Å². The molecule has 120 valence electrons. The molecule has 0 aliphatic carbocycles. The lowest BCUT2D eigenvalue weighted by Crippen LogP contribution is -2.12. The first kappa shape index (κ1) is 16.2. The highest BCUT2D eigenvalue weighted by Crippen LogP contribution is 2.23. The Morgan fingerprint density at radius 1 is 1.04 bits per heavy atom. The van der Waals surface area contributed by atoms with Crippen LogP contribution in [0.25, 0.3) is 11.3 Å². The second-order valence-corrected chi connectivity index (χ2v) is 5.81. The molecular formula is C17H11Cl2N3O2. The number of rotatable bonds is 3. The van der Waals surface area contributed by atoms with Gasteiger partial charge >= 0.3 is 0 Å². The Morgan fingerprint density at radius 2 is 1.88 bits per heavy atom. The fraction of sp³-hybridized carbons (Fsp3) is 0. The molecule has 0 spiro atoms. The molecular weight excluding hydrogens is 349 g/mol. The van der Waals surface area contributed by atoms with Crippen LogP contribution in [0.15, 0.2) is 59.4 Å². The number of H-pyrrole nitrogens is 1. The van der Waals surface area contributed by atoms with E-state index in [1.54, 1.807) is 36.4 Å². The summed E-state index contributed by atoms with van der Waals surface area (Å²) in [5, 5.41) is 9.84. The van der Waals surface area contributed by atoms with Crippen LogP contribution in [0.3, 0.4) is 0 Å². The molecule has 1 aromatic heterocycles. The molecule has 0 saturated heterocycles. The van der Waals surface area contributed by atoms with Crippen molar-refractivity contribution in [3.8, 4) is 11.3 Å². The minimum absolute atomic E-state index is 0.279. The Hall–Kier alpha value is -2.63. The third-order valence-corrected chi connectivity index (χ3v) is 3.83. The highest BCUT2D eigenvalue weighted by molar-refractivity contribution is 6.36. The van der Waals surface area contributed by atoms with Gasteiger partial charge in [-0.1, -0.05) is 35.3 Å². The maximum absolute atomic E-state index is 12.4. The van der Waals surface area contributed by atoms with Gasteiger partial charge in [0, 0.05) is 22.3 Å². The summed E-state index contributed by atoms with van der Waals surface area (Å²) in [5.41, 5.74) is 1.92. The third-order valence-electron chi connectivity index (χ3n) is 3.27. The molecule has 2 aromatic carbocycles. The van der Waals surface area contributed by atoms with E-state index in [4.69, 9.17) is 23.2 Å². The molecule has 0 aliphatic rings. The summed E-state index contributed by atoms with van der Waals surface area (Å²) in [6, 6.07) is 14.8. The molecule has 5 nitrogen and oxygen atoms in total. The predicted octanol–water partition coefficient (Wildman–Crippen LogP) is 4.00. The van der Waals surface area contributed by atoms with E-state index in [0.717, 1.165) is 5.56 Å². The summed E-state index contributed by atoms with van der Waals surface area (Å²) >= 11 is 11.9. The minimum Gasteiger partial charge on any atom is -0.322 e. The van der Waals surface area contributed by atoms with Crippen LogP contribution in [-0.2, 0) is 0 Å². The number of hydrogen-bond acceptors (Lipinski definition) is 3. The Morgan fingerprint density at radius 3 is 2.62 bits per heavy atom. The lowest BCUT2D eigenvalue weighted by Gasteiger charge is -2.08. The molecule has 0 bridgehead atoms. The van der Waals surface area contributed by atoms with Gasteiger partial charge in [-0.3, -0.25) is 9.59 Å². The molecule has 0 unspecified atom stereocenters. The van der Waals surface area contributed by atoms with Crippen LogP contribution in [0.1, 0.15) is 10.4 Å². The summed E-state index contributed by atoms with van der Waals surface area (Å²) < 4.78 is 0. The lowest BCUT2D eigenvalue weighted by molar-refractivity contribution is 0.102. The molecule has 2 N–H and O–H groups in total. The van der Waals surface area contributed by atoms with Crippen LogP contribution in [0.2, 0.25) is 10.0 Å². The minimum atomic E-state index is -0.367. The number of benzene rings is 2. The maximum atomic E-state index is 12.4. The molecule has 1 heterocycles. The molecule has 3 rings (SSSR count). The number of carbonyl (C=O) groups excluding carboxylic acids is 1. The number of nitrogens with zero attached hydrogens (tertiary/aromatic N) is 1. The van der Waals surface area contributed by atoms with Crippen molar-refractivity contribution >= 4 is 34.8 Å². The van der Waals surface area contributed by atoms with E-state index < -0.39 is 0 Å². The number of aromatic amines is 1. The standard InChI is InChI=1S/C17H11Cl2N3O2/c18-11-4-5-14(19)13(9-11)17(24)20-12-3-1-2-10(8-12)15-6-7-16(23)22-21-15/h1-9H,(H,20,24)(H,22,23). The van der Waals surface area contributed by atoms with Crippen LogP contribution in [0.4, 0.5) is 5.69 Å². The highest BCUT2D eigenvalue weighted by Gasteiger charge is 2.12. The molecule has 0 atom stereocenters. The third kappa shape index (κ3) is 3.64. The number of nitrogens with one attached hydrogen (secondary N) is 2. The molecule has 0 radical (unpaired) electrons. The van der Waals surface area contributed by atoms with Crippen molar-refractivity contribution in [3.05, 3.63) is 80.6 Å². The van der Waals surface area contributed by atoms with Crippen molar-refractivity contribution in [1.82, 2.24) is 10.2 Å². The van der Waals surface area contributed by atoms with Crippen molar-refractivity contribution in [2.45, 2.75) is 0 Å². The second-order valence-electron chi connectivity index (χ2n) is 4.97. The number of aromatic nitrogens is 2. The van der Waals surface area contributed by atoms with E-state index in [1.165, 1.54) is 12.1 Å². The van der Waals surface area contributed by atoms with Crippen LogP contribution in [-0.4, -0.2) is 16.1 Å². The van der Waals surface area contributed by atoms with E-state index in [2.05, 4.69) is 15.5 Å². The van der Waals surface area contributed by atoms with Gasteiger partial charge in [-0.25, -0.2) is 5.10 Å². The summed E-state index contributed by atoms with van der Waals surface area (Å²) in [4.78, 5) is 23.4. The maximum Gasteiger partial charge on any atom is 0.264 e. The number of anilines is 1. The topological polar surface area (TPSA) is 74.8 Å². The van der Waals surface area contributed by atoms with Gasteiger partial charge in [0.05, 0.1) is 16.3 Å². The summed E-state index contributed by atoms with van der Waals surface area (Å²) in [7, 11) is 0. The smallest absolute Gasteiger partial charge is 0.264 e. The van der Waals surface area contributed by atoms with Crippen LogP contribution < -0.4 is 10.9 Å². The van der Waals surface area contributed by atoms with Crippen LogP contribution in [0.5, 0.6) is 0 Å². The fourth-order valence-electron chi connectivity index (χ4n) is 2.13. The molecule has 3 aromatic rings. The molecule has 1 amide bonds. The number of carbonyl (C=O) groups is 1. The van der Waals surface area contributed by atoms with Gasteiger partial charge in [-0.15, -0.1) is 0 Å². The van der Waals surface area contributed by atoms with Gasteiger partial charge in [0.1, 0.15) is 0 Å². The number of halogens is 2. The van der Waals surface area contributed by atoms with Gasteiger partial charge in [0.15, 0.2) is 0 Å². The van der Waals surface area contributed by atoms with E-state index in [1.807, 2.05) is 6.07 Å². The van der Waals surface area contributed by atoms with Crippen molar-refractivity contribution in [2.75, 3.05) is 5.32 Å². The van der Waals surface area contributed by atoms with Crippen molar-refractivity contribution in [3.63, 3.8) is 0 Å². The Balaban J connectivity index is 1.87. The molecule has 7 heteroatoms. The van der Waals surface area contributed by atoms with Crippen LogP contribution in [0, 0.1) is 0 Å². The van der Waals surface area contributed by atoms with E-state index in [9.17, 15) is 9.59 Å². The normalized spacial score (nSPS) is 10.4. The Kier molecular flexibility index (Phi) is 4.64. The number of hydrogen-bond donors (Lipinski definition) is 2. The quantitative estimate of drug-likeness (QED) is 0.742. The molecule has 24 heavy (non-hydrogen) atoms. The van der Waals surface area contributed by atoms with Crippen molar-refractivity contribution < 1.29 is 4.79 Å². The average molecular weight is 360 g/mol. The van der Waals surface area contributed by atoms with Crippen molar-refractivity contribution in [2.24, 2.45) is 0 Å².